The van der Waals surface area contributed by atoms with Crippen molar-refractivity contribution in [2.75, 3.05) is 12.9 Å². The van der Waals surface area contributed by atoms with Crippen molar-refractivity contribution in [3.8, 4) is 11.5 Å². The molecule has 0 bridgehead atoms. The molecule has 0 saturated heterocycles. The van der Waals surface area contributed by atoms with E-state index in [2.05, 4.69) is 15.0 Å². The van der Waals surface area contributed by atoms with Crippen LogP contribution in [0.15, 0.2) is 59.5 Å². The van der Waals surface area contributed by atoms with E-state index in [-0.39, 0.29) is 40.0 Å². The Balaban J connectivity index is 1.35. The number of halogens is 3. The molecule has 12 heteroatoms. The summed E-state index contributed by atoms with van der Waals surface area (Å²) in [7, 11) is -1.72. The zero-order valence-corrected chi connectivity index (χ0v) is 23.4. The van der Waals surface area contributed by atoms with Crippen molar-refractivity contribution in [3.05, 3.63) is 88.9 Å². The lowest BCUT2D eigenvalue weighted by Gasteiger charge is -2.36. The van der Waals surface area contributed by atoms with E-state index in [0.717, 1.165) is 5.56 Å². The molecule has 8 nitrogen and oxygen atoms in total. The number of carboxylic acid groups (broad SMARTS) is 1. The Morgan fingerprint density at radius 3 is 2.83 bits per heavy atom. The summed E-state index contributed by atoms with van der Waals surface area (Å²) in [6.07, 6.45) is 6.57. The summed E-state index contributed by atoms with van der Waals surface area (Å²) in [5.74, 6) is -3.75. The van der Waals surface area contributed by atoms with Gasteiger partial charge >= 0.3 is 5.97 Å². The molecule has 218 valence electrons. The Morgan fingerprint density at radius 1 is 1.26 bits per heavy atom. The average Bonchev–Trinajstić information content (AvgIpc) is 3.64. The molecule has 42 heavy (non-hydrogen) atoms. The topological polar surface area (TPSA) is 117 Å². The van der Waals surface area contributed by atoms with Gasteiger partial charge in [0.1, 0.15) is 23.5 Å². The number of nitrogens with zero attached hydrogens (tertiary/aromatic N) is 1. The van der Waals surface area contributed by atoms with Gasteiger partial charge in [-0.25, -0.2) is 13.8 Å². The number of H-pyrrole nitrogens is 2. The van der Waals surface area contributed by atoms with Crippen molar-refractivity contribution >= 4 is 33.2 Å². The minimum Gasteiger partial charge on any atom is -0.493 e. The third kappa shape index (κ3) is 4.59. The number of hydrogen-bond donors (Lipinski definition) is 3. The van der Waals surface area contributed by atoms with Crippen molar-refractivity contribution in [1.82, 2.24) is 15.0 Å². The number of benzene rings is 2. The normalized spacial score (nSPS) is 20.8. The smallest absolute Gasteiger partial charge is 0.307 e. The molecule has 6 rings (SSSR count). The number of rotatable bonds is 7. The van der Waals surface area contributed by atoms with Crippen LogP contribution in [0.1, 0.15) is 42.4 Å². The highest BCUT2D eigenvalue weighted by Crippen LogP contribution is 2.45. The van der Waals surface area contributed by atoms with E-state index < -0.39 is 51.5 Å². The van der Waals surface area contributed by atoms with E-state index in [1.807, 2.05) is 13.0 Å². The Morgan fingerprint density at radius 2 is 2.07 bits per heavy atom. The van der Waals surface area contributed by atoms with Gasteiger partial charge in [-0.1, -0.05) is 18.2 Å². The minimum atomic E-state index is -1.72. The number of aromatic nitrogens is 3. The third-order valence-electron chi connectivity index (χ3n) is 7.81. The van der Waals surface area contributed by atoms with Crippen molar-refractivity contribution in [3.63, 3.8) is 0 Å². The maximum Gasteiger partial charge on any atom is 0.307 e. The molecule has 1 aliphatic carbocycles. The SMILES string of the molecule is CS(=O)c1c(OC2C=C(c3ncc([C@]4(C)CCOc5c(CC(=O)O)cccc54)[nH]3)C(F)=CC2)c(F)c(F)c2[nH]ccc12. The number of imidazole rings is 1. The summed E-state index contributed by atoms with van der Waals surface area (Å²) in [5, 5.41) is 9.56. The molecule has 1 aliphatic heterocycles. The molecule has 0 amide bonds. The first-order valence-corrected chi connectivity index (χ1v) is 14.7. The van der Waals surface area contributed by atoms with Crippen molar-refractivity contribution in [2.45, 2.75) is 42.6 Å². The maximum absolute atomic E-state index is 15.1. The van der Waals surface area contributed by atoms with Crippen LogP contribution in [0.5, 0.6) is 11.5 Å². The van der Waals surface area contributed by atoms with Gasteiger partial charge in [-0.15, -0.1) is 0 Å². The number of aliphatic carboxylic acids is 1. The number of carboxylic acids is 1. The number of aromatic amines is 2. The maximum atomic E-state index is 15.1. The number of nitrogens with one attached hydrogen (secondary N) is 2. The van der Waals surface area contributed by atoms with Gasteiger partial charge in [0, 0.05) is 52.7 Å². The van der Waals surface area contributed by atoms with E-state index in [1.54, 1.807) is 18.3 Å². The van der Waals surface area contributed by atoms with Crippen molar-refractivity contribution in [1.29, 1.82) is 0 Å². The lowest BCUT2D eigenvalue weighted by atomic mass is 9.74. The van der Waals surface area contributed by atoms with Gasteiger partial charge in [0.15, 0.2) is 11.6 Å². The molecule has 2 aromatic heterocycles. The highest BCUT2D eigenvalue weighted by Gasteiger charge is 2.38. The molecular formula is C30H26F3N3O5S. The standard InChI is InChI=1S/C30H26F3N3O5S/c1-30(9-11-40-26-15(12-22(37)38)4-3-5-19(26)30)21-14-35-29(36-21)18-13-16(6-7-20(18)31)41-27-24(33)23(32)25-17(8-10-34-25)28(27)42(2)39/h3-5,7-8,10,13-14,16,34H,6,9,11-12H2,1-2H3,(H,35,36)(H,37,38)/t16?,30-,42?/m1/s1. The molecule has 3 heterocycles. The van der Waals surface area contributed by atoms with Crippen LogP contribution in [-0.2, 0) is 27.4 Å². The van der Waals surface area contributed by atoms with E-state index in [1.165, 1.54) is 30.7 Å². The fraction of sp³-hybridized carbons (Fsp3) is 0.267. The molecule has 3 N–H and O–H groups in total. The number of ether oxygens (including phenoxy) is 2. The summed E-state index contributed by atoms with van der Waals surface area (Å²) in [5.41, 5.74) is 1.35. The van der Waals surface area contributed by atoms with E-state index >= 15 is 8.78 Å². The molecule has 2 aliphatic rings. The first-order valence-electron chi connectivity index (χ1n) is 13.2. The Labute approximate surface area is 240 Å². The van der Waals surface area contributed by atoms with Gasteiger partial charge in [0.25, 0.3) is 0 Å². The zero-order chi connectivity index (χ0) is 29.8. The van der Waals surface area contributed by atoms with Crippen LogP contribution >= 0.6 is 0 Å². The second-order valence-corrected chi connectivity index (χ2v) is 11.8. The fourth-order valence-electron chi connectivity index (χ4n) is 5.65. The molecule has 3 atom stereocenters. The van der Waals surface area contributed by atoms with Gasteiger partial charge < -0.3 is 24.5 Å². The lowest BCUT2D eigenvalue weighted by Crippen LogP contribution is -2.32. The van der Waals surface area contributed by atoms with Gasteiger partial charge in [0.05, 0.1) is 39.8 Å². The molecule has 0 saturated carbocycles. The van der Waals surface area contributed by atoms with Crippen LogP contribution in [0.3, 0.4) is 0 Å². The predicted octanol–water partition coefficient (Wildman–Crippen LogP) is 5.71. The third-order valence-corrected chi connectivity index (χ3v) is 8.79. The average molecular weight is 598 g/mol. The lowest BCUT2D eigenvalue weighted by molar-refractivity contribution is -0.136. The van der Waals surface area contributed by atoms with E-state index in [0.29, 0.717) is 30.0 Å². The highest BCUT2D eigenvalue weighted by atomic mass is 32.2. The molecular weight excluding hydrogens is 571 g/mol. The summed E-state index contributed by atoms with van der Waals surface area (Å²) in [6, 6.07) is 6.86. The summed E-state index contributed by atoms with van der Waals surface area (Å²) >= 11 is 0. The Bertz CT molecular complexity index is 1830. The van der Waals surface area contributed by atoms with Crippen LogP contribution in [0.2, 0.25) is 0 Å². The summed E-state index contributed by atoms with van der Waals surface area (Å²) in [6.45, 7) is 2.32. The van der Waals surface area contributed by atoms with Gasteiger partial charge in [-0.2, -0.15) is 4.39 Å². The largest absolute Gasteiger partial charge is 0.493 e. The second kappa shape index (κ2) is 10.5. The minimum absolute atomic E-state index is 0.00350. The number of carbonyl (C=O) groups is 1. The number of para-hydroxylation sites is 1. The Kier molecular flexibility index (Phi) is 6.96. The quantitative estimate of drug-likeness (QED) is 0.251. The number of fused-ring (bicyclic) bond motifs is 2. The summed E-state index contributed by atoms with van der Waals surface area (Å²) < 4.78 is 69.3. The highest BCUT2D eigenvalue weighted by molar-refractivity contribution is 7.84. The van der Waals surface area contributed by atoms with Crippen molar-refractivity contribution in [2.24, 2.45) is 0 Å². The monoisotopic (exact) mass is 597 g/mol. The van der Waals surface area contributed by atoms with Crippen LogP contribution in [0.25, 0.3) is 16.5 Å². The first-order chi connectivity index (χ1) is 20.1. The predicted molar refractivity (Wildman–Crippen MR) is 150 cm³/mol. The van der Waals surface area contributed by atoms with Crippen LogP contribution < -0.4 is 9.47 Å². The molecule has 2 unspecified atom stereocenters. The molecule has 0 spiro atoms. The molecule has 2 aromatic carbocycles. The zero-order valence-electron chi connectivity index (χ0n) is 22.6. The van der Waals surface area contributed by atoms with Crippen molar-refractivity contribution < 1.29 is 36.8 Å². The fourth-order valence-corrected chi connectivity index (χ4v) is 6.53. The van der Waals surface area contributed by atoms with Crippen LogP contribution in [0, 0.1) is 11.6 Å². The summed E-state index contributed by atoms with van der Waals surface area (Å²) in [4.78, 5) is 21.6. The van der Waals surface area contributed by atoms with Crippen LogP contribution in [0.4, 0.5) is 13.2 Å². The molecule has 0 fully saturated rings. The number of allylic oxidation sites excluding steroid dienone is 2. The van der Waals surface area contributed by atoms with Crippen LogP contribution in [-0.4, -0.2) is 49.2 Å². The molecule has 0 radical (unpaired) electrons. The van der Waals surface area contributed by atoms with Gasteiger partial charge in [-0.05, 0) is 31.6 Å². The van der Waals surface area contributed by atoms with E-state index in [9.17, 15) is 18.5 Å². The van der Waals surface area contributed by atoms with E-state index in [4.69, 9.17) is 9.47 Å². The van der Waals surface area contributed by atoms with Gasteiger partial charge in [-0.3, -0.25) is 9.00 Å². The van der Waals surface area contributed by atoms with Gasteiger partial charge in [0.2, 0.25) is 5.82 Å². The first kappa shape index (κ1) is 27.8. The Hall–Kier alpha value is -4.32. The number of hydrogen-bond acceptors (Lipinski definition) is 5. The second-order valence-electron chi connectivity index (χ2n) is 10.5. The molecule has 4 aromatic rings.